The summed E-state index contributed by atoms with van der Waals surface area (Å²) >= 11 is 0. The van der Waals surface area contributed by atoms with E-state index in [4.69, 9.17) is 14.2 Å². The average Bonchev–Trinajstić information content (AvgIpc) is 2.78. The first-order valence-electron chi connectivity index (χ1n) is 10.6. The van der Waals surface area contributed by atoms with E-state index in [0.29, 0.717) is 17.1 Å². The quantitative estimate of drug-likeness (QED) is 0.464. The van der Waals surface area contributed by atoms with Crippen LogP contribution in [-0.4, -0.2) is 43.8 Å². The summed E-state index contributed by atoms with van der Waals surface area (Å²) < 4.78 is 46.8. The van der Waals surface area contributed by atoms with Crippen molar-refractivity contribution in [2.45, 2.75) is 38.0 Å². The normalized spacial score (nSPS) is 11.7. The number of hydrogen-bond acceptors (Lipinski definition) is 8. The van der Waals surface area contributed by atoms with Crippen molar-refractivity contribution in [3.8, 4) is 23.0 Å². The van der Waals surface area contributed by atoms with Crippen LogP contribution < -0.4 is 18.9 Å². The molecule has 1 heterocycles. The third kappa shape index (κ3) is 5.75. The van der Waals surface area contributed by atoms with Gasteiger partial charge in [0.05, 0.1) is 13.7 Å². The molecule has 0 radical (unpaired) electrons. The van der Waals surface area contributed by atoms with Crippen LogP contribution in [0.4, 0.5) is 5.82 Å². The fourth-order valence-corrected chi connectivity index (χ4v) is 4.72. The van der Waals surface area contributed by atoms with Gasteiger partial charge in [0.1, 0.15) is 35.1 Å². The maximum Gasteiger partial charge on any atom is 0.267 e. The van der Waals surface area contributed by atoms with Crippen molar-refractivity contribution < 1.29 is 27.7 Å². The Kier molecular flexibility index (Phi) is 7.63. The van der Waals surface area contributed by atoms with Gasteiger partial charge in [-0.3, -0.25) is 4.72 Å². The van der Waals surface area contributed by atoms with Gasteiger partial charge in [0.25, 0.3) is 10.0 Å². The summed E-state index contributed by atoms with van der Waals surface area (Å²) in [5.74, 6) is 1.37. The lowest BCUT2D eigenvalue weighted by atomic mass is 9.85. The Morgan fingerprint density at radius 1 is 1.09 bits per heavy atom. The van der Waals surface area contributed by atoms with E-state index in [1.54, 1.807) is 44.4 Å². The van der Waals surface area contributed by atoms with Crippen LogP contribution in [0.25, 0.3) is 0 Å². The molecule has 182 valence electrons. The second-order valence-corrected chi connectivity index (χ2v) is 10.2. The lowest BCUT2D eigenvalue weighted by Gasteiger charge is -2.27. The largest absolute Gasteiger partial charge is 0.497 e. The Labute approximate surface area is 199 Å². The highest BCUT2D eigenvalue weighted by Crippen LogP contribution is 2.47. The van der Waals surface area contributed by atoms with Gasteiger partial charge in [-0.1, -0.05) is 32.9 Å². The lowest BCUT2D eigenvalue weighted by Crippen LogP contribution is -2.20. The van der Waals surface area contributed by atoms with E-state index in [0.717, 1.165) is 5.56 Å². The van der Waals surface area contributed by atoms with E-state index >= 15 is 0 Å². The minimum Gasteiger partial charge on any atom is -0.497 e. The smallest absolute Gasteiger partial charge is 0.267 e. The van der Waals surface area contributed by atoms with Crippen LogP contribution in [0, 0.1) is 6.92 Å². The molecule has 0 aliphatic carbocycles. The number of nitrogens with one attached hydrogen (secondary N) is 1. The summed E-state index contributed by atoms with van der Waals surface area (Å²) in [6, 6.07) is 10.2. The van der Waals surface area contributed by atoms with Crippen LogP contribution in [0.15, 0.2) is 53.8 Å². The number of ether oxygens (including phenoxy) is 3. The molecule has 0 saturated carbocycles. The van der Waals surface area contributed by atoms with Crippen molar-refractivity contribution >= 4 is 15.8 Å². The minimum absolute atomic E-state index is 0.00310. The molecule has 0 fully saturated rings. The van der Waals surface area contributed by atoms with Crippen LogP contribution in [-0.2, 0) is 15.4 Å². The molecule has 3 aromatic rings. The molecule has 0 unspecified atom stereocenters. The molecule has 0 bridgehead atoms. The summed E-state index contributed by atoms with van der Waals surface area (Å²) in [6.45, 7) is 7.22. The zero-order chi connectivity index (χ0) is 24.9. The molecule has 1 aromatic heterocycles. The number of methoxy groups -OCH3 is 1. The number of aromatic nitrogens is 2. The fraction of sp³-hybridized carbons (Fsp3) is 0.333. The minimum atomic E-state index is -4.15. The van der Waals surface area contributed by atoms with Gasteiger partial charge < -0.3 is 19.3 Å². The number of aliphatic hydroxyl groups excluding tert-OH is 1. The number of aryl methyl sites for hydroxylation is 1. The molecule has 3 rings (SSSR count). The third-order valence-electron chi connectivity index (χ3n) is 4.87. The predicted octanol–water partition coefficient (Wildman–Crippen LogP) is 4.06. The molecule has 0 spiro atoms. The fourth-order valence-electron chi connectivity index (χ4n) is 3.35. The lowest BCUT2D eigenvalue weighted by molar-refractivity contribution is 0.193. The number of nitrogens with zero attached hydrogens (tertiary/aromatic N) is 2. The van der Waals surface area contributed by atoms with Gasteiger partial charge in [0.2, 0.25) is 0 Å². The SMILES string of the molecule is COc1cccc(Oc2c(C(C)(C)C)cc(C)c(S(=O)(=O)Nc3ccncn3)c2OCCO)c1. The number of rotatable bonds is 9. The molecule has 2 aromatic carbocycles. The topological polar surface area (TPSA) is 120 Å². The Hall–Kier alpha value is -3.37. The molecule has 0 aliphatic rings. The summed E-state index contributed by atoms with van der Waals surface area (Å²) in [5.41, 5.74) is 0.776. The summed E-state index contributed by atoms with van der Waals surface area (Å²) in [4.78, 5) is 7.65. The number of aliphatic hydroxyl groups is 1. The van der Waals surface area contributed by atoms with Crippen LogP contribution in [0.1, 0.15) is 31.9 Å². The molecule has 34 heavy (non-hydrogen) atoms. The van der Waals surface area contributed by atoms with Gasteiger partial charge in [-0.25, -0.2) is 18.4 Å². The first-order chi connectivity index (χ1) is 16.1. The van der Waals surface area contributed by atoms with Crippen molar-refractivity contribution in [3.05, 3.63) is 60.0 Å². The monoisotopic (exact) mass is 487 g/mol. The first kappa shape index (κ1) is 25.3. The highest BCUT2D eigenvalue weighted by molar-refractivity contribution is 7.92. The van der Waals surface area contributed by atoms with Gasteiger partial charge in [-0.05, 0) is 36.1 Å². The van der Waals surface area contributed by atoms with Crippen LogP contribution >= 0.6 is 0 Å². The van der Waals surface area contributed by atoms with E-state index < -0.39 is 15.4 Å². The zero-order valence-corrected chi connectivity index (χ0v) is 20.6. The number of anilines is 1. The van der Waals surface area contributed by atoms with Crippen molar-refractivity contribution in [2.24, 2.45) is 0 Å². The summed E-state index contributed by atoms with van der Waals surface area (Å²) in [6.07, 6.45) is 2.68. The molecule has 0 saturated heterocycles. The van der Waals surface area contributed by atoms with E-state index in [1.807, 2.05) is 20.8 Å². The molecule has 0 aliphatic heterocycles. The van der Waals surface area contributed by atoms with E-state index in [1.165, 1.54) is 18.6 Å². The highest BCUT2D eigenvalue weighted by Gasteiger charge is 2.32. The molecule has 10 heteroatoms. The Balaban J connectivity index is 2.25. The van der Waals surface area contributed by atoms with Crippen molar-refractivity contribution in [1.82, 2.24) is 9.97 Å². The van der Waals surface area contributed by atoms with Gasteiger partial charge >= 0.3 is 0 Å². The third-order valence-corrected chi connectivity index (χ3v) is 6.40. The number of benzene rings is 2. The van der Waals surface area contributed by atoms with Crippen molar-refractivity contribution in [2.75, 3.05) is 25.0 Å². The van der Waals surface area contributed by atoms with E-state index in [9.17, 15) is 13.5 Å². The predicted molar refractivity (Wildman–Crippen MR) is 128 cm³/mol. The average molecular weight is 488 g/mol. The van der Waals surface area contributed by atoms with Crippen LogP contribution in [0.2, 0.25) is 0 Å². The highest BCUT2D eigenvalue weighted by atomic mass is 32.2. The Morgan fingerprint density at radius 2 is 1.82 bits per heavy atom. The van der Waals surface area contributed by atoms with Crippen LogP contribution in [0.3, 0.4) is 0 Å². The van der Waals surface area contributed by atoms with Gasteiger partial charge in [0.15, 0.2) is 11.5 Å². The maximum absolute atomic E-state index is 13.5. The maximum atomic E-state index is 13.5. The molecular weight excluding hydrogens is 458 g/mol. The van der Waals surface area contributed by atoms with Crippen LogP contribution in [0.5, 0.6) is 23.0 Å². The molecule has 0 atom stereocenters. The Morgan fingerprint density at radius 3 is 2.44 bits per heavy atom. The Bertz CT molecular complexity index is 1240. The van der Waals surface area contributed by atoms with Crippen molar-refractivity contribution in [1.29, 1.82) is 0 Å². The van der Waals surface area contributed by atoms with E-state index in [2.05, 4.69) is 14.7 Å². The first-order valence-corrected chi connectivity index (χ1v) is 12.1. The zero-order valence-electron chi connectivity index (χ0n) is 19.8. The van der Waals surface area contributed by atoms with Gasteiger partial charge in [-0.15, -0.1) is 0 Å². The second-order valence-electron chi connectivity index (χ2n) is 8.53. The van der Waals surface area contributed by atoms with Gasteiger partial charge in [-0.2, -0.15) is 0 Å². The standard InChI is InChI=1S/C24H29N3O6S/c1-16-13-19(24(2,3)4)21(33-18-8-6-7-17(14-18)31-5)22(32-12-11-28)23(16)34(29,30)27-20-9-10-25-15-26-20/h6-10,13-15,28H,11-12H2,1-5H3,(H,25,26,27). The molecule has 9 nitrogen and oxygen atoms in total. The van der Waals surface area contributed by atoms with E-state index in [-0.39, 0.29) is 35.4 Å². The molecule has 2 N–H and O–H groups in total. The number of hydrogen-bond donors (Lipinski definition) is 2. The van der Waals surface area contributed by atoms with Crippen molar-refractivity contribution in [3.63, 3.8) is 0 Å². The summed E-state index contributed by atoms with van der Waals surface area (Å²) in [7, 11) is -2.60. The number of sulfonamides is 1. The molecule has 0 amide bonds. The summed E-state index contributed by atoms with van der Waals surface area (Å²) in [5, 5.41) is 9.44. The van der Waals surface area contributed by atoms with Gasteiger partial charge in [0, 0.05) is 17.8 Å². The molecular formula is C24H29N3O6S. The second kappa shape index (κ2) is 10.3.